The standard InChI is InChI=1S/C20H30O/c1-5-18(2)11-6-8-16-15(18)9-10-17-19(3,14-21)12-7-13-20(16,17)4/h5,8,14-15,17H,1,6-7,9-13H2,2-4H3/t15-,17-,18+,19+,20+/m1/s1. The Bertz CT molecular complexity index is 490. The second-order valence-corrected chi connectivity index (χ2v) is 8.49. The highest BCUT2D eigenvalue weighted by Gasteiger charge is 2.56. The minimum absolute atomic E-state index is 0.110. The molecule has 0 radical (unpaired) electrons. The van der Waals surface area contributed by atoms with Gasteiger partial charge in [0, 0.05) is 5.41 Å². The molecule has 2 saturated carbocycles. The van der Waals surface area contributed by atoms with E-state index < -0.39 is 0 Å². The van der Waals surface area contributed by atoms with Gasteiger partial charge in [-0.3, -0.25) is 0 Å². The van der Waals surface area contributed by atoms with Gasteiger partial charge in [0.2, 0.25) is 0 Å². The summed E-state index contributed by atoms with van der Waals surface area (Å²) in [6.07, 6.45) is 14.4. The average Bonchev–Trinajstić information content (AvgIpc) is 2.48. The SMILES string of the molecule is C=C[C@@]1(C)CCC=C2[C@H]1CC[C@H]1[C@@]2(C)CCC[C@@]1(C)C=O. The van der Waals surface area contributed by atoms with Crippen LogP contribution in [0.2, 0.25) is 0 Å². The topological polar surface area (TPSA) is 17.1 Å². The molecule has 0 aromatic rings. The summed E-state index contributed by atoms with van der Waals surface area (Å²) in [6, 6.07) is 0. The highest BCUT2D eigenvalue weighted by molar-refractivity contribution is 5.60. The summed E-state index contributed by atoms with van der Waals surface area (Å²) in [6.45, 7) is 11.2. The summed E-state index contributed by atoms with van der Waals surface area (Å²) < 4.78 is 0. The maximum Gasteiger partial charge on any atom is 0.126 e. The van der Waals surface area contributed by atoms with E-state index in [0.717, 1.165) is 6.42 Å². The highest BCUT2D eigenvalue weighted by atomic mass is 16.1. The Balaban J connectivity index is 2.04. The summed E-state index contributed by atoms with van der Waals surface area (Å²) in [5.74, 6) is 1.19. The molecule has 0 unspecified atom stereocenters. The third-order valence-corrected chi connectivity index (χ3v) is 7.33. The number of fused-ring (bicyclic) bond motifs is 3. The molecule has 0 bridgehead atoms. The first kappa shape index (κ1) is 15.1. The summed E-state index contributed by atoms with van der Waals surface area (Å²) >= 11 is 0. The van der Waals surface area contributed by atoms with E-state index in [1.165, 1.54) is 44.8 Å². The van der Waals surface area contributed by atoms with Gasteiger partial charge in [0.15, 0.2) is 0 Å². The van der Waals surface area contributed by atoms with Crippen LogP contribution in [0.25, 0.3) is 0 Å². The zero-order valence-corrected chi connectivity index (χ0v) is 14.0. The molecule has 3 rings (SSSR count). The van der Waals surface area contributed by atoms with Gasteiger partial charge in [-0.05, 0) is 61.2 Å². The number of carbonyl (C=O) groups excluding carboxylic acids is 1. The molecule has 0 aliphatic heterocycles. The second-order valence-electron chi connectivity index (χ2n) is 8.49. The third kappa shape index (κ3) is 1.99. The van der Waals surface area contributed by atoms with Crippen LogP contribution in [0.15, 0.2) is 24.3 Å². The molecular formula is C20H30O. The molecule has 0 aromatic carbocycles. The lowest BCUT2D eigenvalue weighted by atomic mass is 9.45. The van der Waals surface area contributed by atoms with E-state index in [1.54, 1.807) is 5.57 Å². The van der Waals surface area contributed by atoms with Crippen molar-refractivity contribution in [3.8, 4) is 0 Å². The number of rotatable bonds is 2. The van der Waals surface area contributed by atoms with Crippen molar-refractivity contribution in [3.05, 3.63) is 24.3 Å². The molecule has 0 N–H and O–H groups in total. The Kier molecular flexibility index (Phi) is 3.46. The monoisotopic (exact) mass is 286 g/mol. The van der Waals surface area contributed by atoms with Crippen LogP contribution in [-0.4, -0.2) is 6.29 Å². The second kappa shape index (κ2) is 4.83. The normalized spacial score (nSPS) is 49.6. The zero-order valence-electron chi connectivity index (χ0n) is 14.0. The molecule has 0 amide bonds. The summed E-state index contributed by atoms with van der Waals surface area (Å²) in [5.41, 5.74) is 2.05. The van der Waals surface area contributed by atoms with Crippen molar-refractivity contribution >= 4 is 6.29 Å². The molecule has 1 nitrogen and oxygen atoms in total. The van der Waals surface area contributed by atoms with E-state index in [-0.39, 0.29) is 16.2 Å². The molecule has 3 aliphatic carbocycles. The molecule has 1 heteroatoms. The van der Waals surface area contributed by atoms with Crippen LogP contribution in [-0.2, 0) is 4.79 Å². The van der Waals surface area contributed by atoms with Crippen molar-refractivity contribution in [2.75, 3.05) is 0 Å². The fourth-order valence-electron chi connectivity index (χ4n) is 5.95. The summed E-state index contributed by atoms with van der Waals surface area (Å²) in [5, 5.41) is 0. The Morgan fingerprint density at radius 3 is 2.57 bits per heavy atom. The molecule has 5 atom stereocenters. The van der Waals surface area contributed by atoms with Crippen molar-refractivity contribution in [1.29, 1.82) is 0 Å². The van der Waals surface area contributed by atoms with Crippen molar-refractivity contribution in [2.45, 2.75) is 65.7 Å². The van der Waals surface area contributed by atoms with Gasteiger partial charge in [-0.15, -0.1) is 6.58 Å². The molecule has 0 spiro atoms. The lowest BCUT2D eigenvalue weighted by Crippen LogP contribution is -2.52. The smallest absolute Gasteiger partial charge is 0.126 e. The first-order chi connectivity index (χ1) is 9.89. The van der Waals surface area contributed by atoms with Crippen LogP contribution < -0.4 is 0 Å². The number of allylic oxidation sites excluding steroid dienone is 3. The van der Waals surface area contributed by atoms with E-state index in [4.69, 9.17) is 0 Å². The maximum absolute atomic E-state index is 11.8. The van der Waals surface area contributed by atoms with Crippen molar-refractivity contribution in [3.63, 3.8) is 0 Å². The van der Waals surface area contributed by atoms with E-state index in [1.807, 2.05) is 0 Å². The van der Waals surface area contributed by atoms with Gasteiger partial charge in [-0.25, -0.2) is 0 Å². The number of aldehydes is 1. The molecule has 0 saturated heterocycles. The van der Waals surface area contributed by atoms with Gasteiger partial charge in [-0.2, -0.15) is 0 Å². The lowest BCUT2D eigenvalue weighted by molar-refractivity contribution is -0.126. The van der Waals surface area contributed by atoms with Gasteiger partial charge >= 0.3 is 0 Å². The predicted octanol–water partition coefficient (Wildman–Crippen LogP) is 5.32. The fourth-order valence-corrected chi connectivity index (χ4v) is 5.95. The van der Waals surface area contributed by atoms with Crippen molar-refractivity contribution in [1.82, 2.24) is 0 Å². The van der Waals surface area contributed by atoms with Gasteiger partial charge in [0.1, 0.15) is 6.29 Å². The quantitative estimate of drug-likeness (QED) is 0.496. The molecule has 2 fully saturated rings. The lowest BCUT2D eigenvalue weighted by Gasteiger charge is -2.59. The number of carbonyl (C=O) groups is 1. The Labute approximate surface area is 129 Å². The van der Waals surface area contributed by atoms with Crippen LogP contribution in [0.4, 0.5) is 0 Å². The summed E-state index contributed by atoms with van der Waals surface area (Å²) in [7, 11) is 0. The fraction of sp³-hybridized carbons (Fsp3) is 0.750. The van der Waals surface area contributed by atoms with Gasteiger partial charge in [0.25, 0.3) is 0 Å². The van der Waals surface area contributed by atoms with Crippen LogP contribution >= 0.6 is 0 Å². The van der Waals surface area contributed by atoms with E-state index in [0.29, 0.717) is 11.8 Å². The first-order valence-corrected chi connectivity index (χ1v) is 8.70. The predicted molar refractivity (Wildman–Crippen MR) is 88.0 cm³/mol. The Morgan fingerprint density at radius 2 is 1.90 bits per heavy atom. The van der Waals surface area contributed by atoms with E-state index in [2.05, 4.69) is 39.5 Å². The average molecular weight is 286 g/mol. The largest absolute Gasteiger partial charge is 0.303 e. The zero-order chi connectivity index (χ0) is 15.3. The van der Waals surface area contributed by atoms with Crippen LogP contribution in [0, 0.1) is 28.1 Å². The third-order valence-electron chi connectivity index (χ3n) is 7.33. The van der Waals surface area contributed by atoms with Gasteiger partial charge in [-0.1, -0.05) is 44.9 Å². The Hall–Kier alpha value is -0.850. The van der Waals surface area contributed by atoms with Gasteiger partial charge in [0.05, 0.1) is 0 Å². The molecule has 3 aliphatic rings. The van der Waals surface area contributed by atoms with Crippen molar-refractivity contribution < 1.29 is 4.79 Å². The summed E-state index contributed by atoms with van der Waals surface area (Å²) in [4.78, 5) is 11.8. The number of hydrogen-bond donors (Lipinski definition) is 0. The Morgan fingerprint density at radius 1 is 1.14 bits per heavy atom. The molecule has 0 heterocycles. The van der Waals surface area contributed by atoms with Crippen LogP contribution in [0.3, 0.4) is 0 Å². The molecule has 0 aromatic heterocycles. The first-order valence-electron chi connectivity index (χ1n) is 8.70. The van der Waals surface area contributed by atoms with Crippen LogP contribution in [0.1, 0.15) is 65.7 Å². The molecular weight excluding hydrogens is 256 g/mol. The highest BCUT2D eigenvalue weighted by Crippen LogP contribution is 2.64. The van der Waals surface area contributed by atoms with E-state index in [9.17, 15) is 4.79 Å². The van der Waals surface area contributed by atoms with E-state index >= 15 is 0 Å². The van der Waals surface area contributed by atoms with Crippen molar-refractivity contribution in [2.24, 2.45) is 28.1 Å². The molecule has 21 heavy (non-hydrogen) atoms. The van der Waals surface area contributed by atoms with Crippen LogP contribution in [0.5, 0.6) is 0 Å². The minimum atomic E-state index is -0.110. The number of hydrogen-bond acceptors (Lipinski definition) is 1. The minimum Gasteiger partial charge on any atom is -0.303 e. The van der Waals surface area contributed by atoms with Gasteiger partial charge < -0.3 is 4.79 Å². The maximum atomic E-state index is 11.8. The molecule has 116 valence electrons.